The monoisotopic (exact) mass is 262 g/mol. The van der Waals surface area contributed by atoms with E-state index in [4.69, 9.17) is 5.11 Å². The predicted molar refractivity (Wildman–Crippen MR) is 70.3 cm³/mol. The van der Waals surface area contributed by atoms with Gasteiger partial charge in [-0.1, -0.05) is 0 Å². The van der Waals surface area contributed by atoms with Crippen molar-refractivity contribution in [1.82, 2.24) is 10.2 Å². The van der Waals surface area contributed by atoms with Crippen LogP contribution in [0.4, 0.5) is 0 Å². The normalized spacial score (nSPS) is 14.4. The van der Waals surface area contributed by atoms with E-state index in [0.29, 0.717) is 12.6 Å². The lowest BCUT2D eigenvalue weighted by Crippen LogP contribution is -2.48. The molecule has 0 saturated heterocycles. The second kappa shape index (κ2) is 8.36. The molecule has 0 saturated carbocycles. The van der Waals surface area contributed by atoms with Gasteiger partial charge in [0.25, 0.3) is 0 Å². The molecule has 100 valence electrons. The second-order valence-electron chi connectivity index (χ2n) is 4.16. The average molecular weight is 262 g/mol. The number of carbonyl (C=O) groups is 2. The number of nitrogens with zero attached hydrogens (tertiary/aromatic N) is 1. The zero-order valence-corrected chi connectivity index (χ0v) is 11.7. The van der Waals surface area contributed by atoms with Crippen LogP contribution < -0.4 is 5.32 Å². The van der Waals surface area contributed by atoms with Crippen LogP contribution in [0.1, 0.15) is 20.3 Å². The standard InChI is InChI=1S/C11H22N2O3S/c1-8(5-6-17-4)13(3)7-10(11(15)16)12-9(2)14/h8,10H,5-7H2,1-4H3,(H,12,14)(H,15,16). The SMILES string of the molecule is CSCCC(C)N(C)CC(NC(C)=O)C(=O)O. The molecule has 1 amide bonds. The van der Waals surface area contributed by atoms with Crippen molar-refractivity contribution in [1.29, 1.82) is 0 Å². The molecule has 0 rings (SSSR count). The van der Waals surface area contributed by atoms with Crippen molar-refractivity contribution in [2.75, 3.05) is 25.6 Å². The number of amides is 1. The van der Waals surface area contributed by atoms with E-state index in [1.165, 1.54) is 6.92 Å². The highest BCUT2D eigenvalue weighted by Crippen LogP contribution is 2.06. The summed E-state index contributed by atoms with van der Waals surface area (Å²) >= 11 is 1.77. The van der Waals surface area contributed by atoms with Crippen LogP contribution in [0, 0.1) is 0 Å². The summed E-state index contributed by atoms with van der Waals surface area (Å²) in [6, 6.07) is -0.535. The average Bonchev–Trinajstić information content (AvgIpc) is 2.23. The topological polar surface area (TPSA) is 69.6 Å². The number of likely N-dealkylation sites (N-methyl/N-ethyl adjacent to an activating group) is 1. The van der Waals surface area contributed by atoms with E-state index in [1.54, 1.807) is 11.8 Å². The summed E-state index contributed by atoms with van der Waals surface area (Å²) in [5.41, 5.74) is 0. The maximum Gasteiger partial charge on any atom is 0.327 e. The largest absolute Gasteiger partial charge is 0.480 e. The smallest absolute Gasteiger partial charge is 0.327 e. The van der Waals surface area contributed by atoms with E-state index in [-0.39, 0.29) is 5.91 Å². The van der Waals surface area contributed by atoms with Gasteiger partial charge < -0.3 is 15.3 Å². The van der Waals surface area contributed by atoms with Gasteiger partial charge in [0.05, 0.1) is 0 Å². The minimum Gasteiger partial charge on any atom is -0.480 e. The van der Waals surface area contributed by atoms with Crippen LogP contribution in [-0.4, -0.2) is 59.6 Å². The molecule has 6 heteroatoms. The Kier molecular flexibility index (Phi) is 7.99. The van der Waals surface area contributed by atoms with Crippen LogP contribution in [0.2, 0.25) is 0 Å². The highest BCUT2D eigenvalue weighted by atomic mass is 32.2. The number of carboxylic acid groups (broad SMARTS) is 1. The van der Waals surface area contributed by atoms with Gasteiger partial charge >= 0.3 is 5.97 Å². The summed E-state index contributed by atoms with van der Waals surface area (Å²) in [4.78, 5) is 23.8. The maximum absolute atomic E-state index is 11.0. The van der Waals surface area contributed by atoms with Crippen LogP contribution in [0.3, 0.4) is 0 Å². The third kappa shape index (κ3) is 7.23. The molecular weight excluding hydrogens is 240 g/mol. The number of hydrogen-bond acceptors (Lipinski definition) is 4. The number of aliphatic carboxylic acids is 1. The first-order chi connectivity index (χ1) is 7.88. The molecule has 0 aliphatic carbocycles. The number of carboxylic acids is 1. The Morgan fingerprint density at radius 1 is 1.47 bits per heavy atom. The molecule has 0 aromatic rings. The molecule has 0 fully saturated rings. The summed E-state index contributed by atoms with van der Waals surface area (Å²) in [5.74, 6) is -0.268. The molecule has 0 aromatic heterocycles. The Morgan fingerprint density at radius 2 is 2.06 bits per heavy atom. The number of rotatable bonds is 8. The summed E-state index contributed by atoms with van der Waals surface area (Å²) in [6.45, 7) is 3.71. The van der Waals surface area contributed by atoms with Gasteiger partial charge in [-0.05, 0) is 32.4 Å². The van der Waals surface area contributed by atoms with Gasteiger partial charge in [0, 0.05) is 19.5 Å². The lowest BCUT2D eigenvalue weighted by Gasteiger charge is -2.27. The summed E-state index contributed by atoms with van der Waals surface area (Å²) in [6.07, 6.45) is 3.05. The fraction of sp³-hybridized carbons (Fsp3) is 0.818. The van der Waals surface area contributed by atoms with Crippen molar-refractivity contribution in [3.8, 4) is 0 Å². The lowest BCUT2D eigenvalue weighted by molar-refractivity contribution is -0.142. The van der Waals surface area contributed by atoms with E-state index >= 15 is 0 Å². The van der Waals surface area contributed by atoms with Gasteiger partial charge in [-0.2, -0.15) is 11.8 Å². The van der Waals surface area contributed by atoms with E-state index in [1.807, 2.05) is 18.2 Å². The molecule has 0 spiro atoms. The van der Waals surface area contributed by atoms with E-state index in [0.717, 1.165) is 12.2 Å². The molecule has 0 bridgehead atoms. The van der Waals surface area contributed by atoms with E-state index in [9.17, 15) is 9.59 Å². The Hall–Kier alpha value is -0.750. The molecule has 0 radical (unpaired) electrons. The first-order valence-corrected chi connectivity index (χ1v) is 6.97. The number of carbonyl (C=O) groups excluding carboxylic acids is 1. The van der Waals surface area contributed by atoms with E-state index in [2.05, 4.69) is 12.2 Å². The van der Waals surface area contributed by atoms with Crippen LogP contribution >= 0.6 is 11.8 Å². The molecule has 2 N–H and O–H groups in total. The summed E-state index contributed by atoms with van der Waals surface area (Å²) in [7, 11) is 1.88. The minimum absolute atomic E-state index is 0.304. The fourth-order valence-corrected chi connectivity index (χ4v) is 1.98. The molecule has 2 atom stereocenters. The van der Waals surface area contributed by atoms with Gasteiger partial charge in [-0.3, -0.25) is 4.79 Å². The summed E-state index contributed by atoms with van der Waals surface area (Å²) in [5, 5.41) is 11.4. The highest BCUT2D eigenvalue weighted by Gasteiger charge is 2.22. The van der Waals surface area contributed by atoms with Crippen molar-refractivity contribution in [3.05, 3.63) is 0 Å². The van der Waals surface area contributed by atoms with Crippen molar-refractivity contribution >= 4 is 23.6 Å². The zero-order chi connectivity index (χ0) is 13.4. The van der Waals surface area contributed by atoms with Gasteiger partial charge in [-0.25, -0.2) is 4.79 Å². The molecule has 5 nitrogen and oxygen atoms in total. The molecule has 0 aliphatic rings. The molecule has 0 heterocycles. The first-order valence-electron chi connectivity index (χ1n) is 5.57. The maximum atomic E-state index is 11.0. The van der Waals surface area contributed by atoms with Gasteiger partial charge in [0.2, 0.25) is 5.91 Å². The Balaban J connectivity index is 4.24. The number of hydrogen-bond donors (Lipinski definition) is 2. The Labute approximate surface area is 107 Å². The van der Waals surface area contributed by atoms with Crippen molar-refractivity contribution in [2.24, 2.45) is 0 Å². The minimum atomic E-state index is -0.996. The molecule has 0 aromatic carbocycles. The number of nitrogens with one attached hydrogen (secondary N) is 1. The third-order valence-electron chi connectivity index (χ3n) is 2.64. The van der Waals surface area contributed by atoms with Crippen LogP contribution in [0.5, 0.6) is 0 Å². The van der Waals surface area contributed by atoms with Gasteiger partial charge in [0.15, 0.2) is 0 Å². The first kappa shape index (κ1) is 16.2. The zero-order valence-electron chi connectivity index (χ0n) is 10.9. The quantitative estimate of drug-likeness (QED) is 0.672. The van der Waals surface area contributed by atoms with Crippen LogP contribution in [0.15, 0.2) is 0 Å². The molecule has 17 heavy (non-hydrogen) atoms. The van der Waals surface area contributed by atoms with Crippen LogP contribution in [-0.2, 0) is 9.59 Å². The molecule has 0 aliphatic heterocycles. The van der Waals surface area contributed by atoms with Gasteiger partial charge in [-0.15, -0.1) is 0 Å². The number of thioether (sulfide) groups is 1. The van der Waals surface area contributed by atoms with Crippen LogP contribution in [0.25, 0.3) is 0 Å². The molecule has 2 unspecified atom stereocenters. The lowest BCUT2D eigenvalue weighted by atomic mass is 10.2. The second-order valence-corrected chi connectivity index (χ2v) is 5.15. The summed E-state index contributed by atoms with van der Waals surface area (Å²) < 4.78 is 0. The predicted octanol–water partition coefficient (Wildman–Crippen LogP) is 0.649. The third-order valence-corrected chi connectivity index (χ3v) is 3.28. The Morgan fingerprint density at radius 3 is 2.47 bits per heavy atom. The Bertz CT molecular complexity index is 261. The highest BCUT2D eigenvalue weighted by molar-refractivity contribution is 7.98. The van der Waals surface area contributed by atoms with Crippen molar-refractivity contribution in [3.63, 3.8) is 0 Å². The van der Waals surface area contributed by atoms with Gasteiger partial charge in [0.1, 0.15) is 6.04 Å². The molecular formula is C11H22N2O3S. The van der Waals surface area contributed by atoms with Crippen molar-refractivity contribution in [2.45, 2.75) is 32.4 Å². The fourth-order valence-electron chi connectivity index (χ4n) is 1.41. The van der Waals surface area contributed by atoms with E-state index < -0.39 is 12.0 Å². The van der Waals surface area contributed by atoms with Crippen molar-refractivity contribution < 1.29 is 14.7 Å².